The van der Waals surface area contributed by atoms with Crippen LogP contribution in [0, 0.1) is 5.92 Å². The number of esters is 1. The second-order valence-corrected chi connectivity index (χ2v) is 5.74. The molecule has 1 unspecified atom stereocenters. The van der Waals surface area contributed by atoms with Crippen molar-refractivity contribution in [2.75, 3.05) is 7.11 Å². The number of hydrogen-bond acceptors (Lipinski definition) is 4. The molecule has 0 aromatic rings. The Labute approximate surface area is 119 Å². The van der Waals surface area contributed by atoms with E-state index in [1.807, 2.05) is 0 Å². The molecule has 0 aromatic heterocycles. The van der Waals surface area contributed by atoms with Gasteiger partial charge in [0.2, 0.25) is 0 Å². The average Bonchev–Trinajstić information content (AvgIpc) is 2.29. The van der Waals surface area contributed by atoms with Crippen molar-refractivity contribution in [2.24, 2.45) is 5.92 Å². The molecule has 20 heavy (non-hydrogen) atoms. The fourth-order valence-electron chi connectivity index (χ4n) is 1.38. The molecule has 0 aromatic carbocycles. The number of alkyl carbamates (subject to hydrolysis) is 1. The van der Waals surface area contributed by atoms with Gasteiger partial charge in [-0.1, -0.05) is 13.8 Å². The number of methoxy groups -OCH3 is 1. The minimum absolute atomic E-state index is 0.179. The van der Waals surface area contributed by atoms with E-state index in [4.69, 9.17) is 4.74 Å². The first kappa shape index (κ1) is 18.4. The van der Waals surface area contributed by atoms with E-state index in [2.05, 4.69) is 10.1 Å². The van der Waals surface area contributed by atoms with Gasteiger partial charge in [0.05, 0.1) is 19.6 Å². The molecule has 1 atom stereocenters. The fraction of sp³-hybridized carbons (Fsp3) is 0.714. The Morgan fingerprint density at radius 3 is 2.25 bits per heavy atom. The molecule has 6 heteroatoms. The second-order valence-electron chi connectivity index (χ2n) is 5.74. The van der Waals surface area contributed by atoms with Crippen molar-refractivity contribution in [2.45, 2.75) is 52.7 Å². The van der Waals surface area contributed by atoms with Crippen molar-refractivity contribution < 1.29 is 23.5 Å². The zero-order chi connectivity index (χ0) is 15.9. The molecule has 0 fully saturated rings. The lowest BCUT2D eigenvalue weighted by atomic mass is 10.0. The highest BCUT2D eigenvalue weighted by molar-refractivity contribution is 5.71. The molecule has 0 heterocycles. The van der Waals surface area contributed by atoms with Gasteiger partial charge in [0.25, 0.3) is 0 Å². The quantitative estimate of drug-likeness (QED) is 0.790. The maximum atomic E-state index is 14.0. The van der Waals surface area contributed by atoms with Crippen molar-refractivity contribution in [1.82, 2.24) is 5.32 Å². The van der Waals surface area contributed by atoms with Crippen molar-refractivity contribution in [3.05, 3.63) is 11.9 Å². The second kappa shape index (κ2) is 7.87. The topological polar surface area (TPSA) is 64.6 Å². The number of carbonyl (C=O) groups excluding carboxylic acids is 2. The van der Waals surface area contributed by atoms with E-state index >= 15 is 0 Å². The van der Waals surface area contributed by atoms with Crippen LogP contribution in [-0.2, 0) is 14.3 Å². The summed E-state index contributed by atoms with van der Waals surface area (Å²) < 4.78 is 23.5. The summed E-state index contributed by atoms with van der Waals surface area (Å²) in [4.78, 5) is 22.6. The standard InChI is InChI=1S/C14H24FNO4/c1-9(2)12(10(15)7-8-11(17)19-6)16-13(18)20-14(3,4)5/h7,9,12H,8H2,1-6H3,(H,16,18)/b10-7-. The van der Waals surface area contributed by atoms with Gasteiger partial charge >= 0.3 is 12.1 Å². The molecule has 0 spiro atoms. The number of halogens is 1. The number of amides is 1. The monoisotopic (exact) mass is 289 g/mol. The van der Waals surface area contributed by atoms with Crippen LogP contribution in [0.4, 0.5) is 9.18 Å². The largest absolute Gasteiger partial charge is 0.469 e. The lowest BCUT2D eigenvalue weighted by Gasteiger charge is -2.25. The van der Waals surface area contributed by atoms with Gasteiger partial charge in [-0.3, -0.25) is 4.79 Å². The molecular weight excluding hydrogens is 265 g/mol. The summed E-state index contributed by atoms with van der Waals surface area (Å²) in [5.74, 6) is -1.31. The maximum Gasteiger partial charge on any atom is 0.408 e. The van der Waals surface area contributed by atoms with Crippen molar-refractivity contribution in [1.29, 1.82) is 0 Å². The summed E-state index contributed by atoms with van der Waals surface area (Å²) in [7, 11) is 1.23. The smallest absolute Gasteiger partial charge is 0.408 e. The molecular formula is C14H24FNO4. The SMILES string of the molecule is COC(=O)C/C=C(\F)C(NC(=O)OC(C)(C)C)C(C)C. The van der Waals surface area contributed by atoms with Crippen molar-refractivity contribution in [3.8, 4) is 0 Å². The number of rotatable bonds is 5. The van der Waals surface area contributed by atoms with Crippen LogP contribution in [-0.4, -0.2) is 30.8 Å². The van der Waals surface area contributed by atoms with Gasteiger partial charge in [-0.25, -0.2) is 9.18 Å². The van der Waals surface area contributed by atoms with Crippen LogP contribution in [0.3, 0.4) is 0 Å². The zero-order valence-electron chi connectivity index (χ0n) is 13.0. The number of nitrogens with one attached hydrogen (secondary N) is 1. The summed E-state index contributed by atoms with van der Waals surface area (Å²) in [5.41, 5.74) is -0.655. The molecule has 1 amide bonds. The summed E-state index contributed by atoms with van der Waals surface area (Å²) in [5, 5.41) is 2.46. The van der Waals surface area contributed by atoms with Crippen molar-refractivity contribution in [3.63, 3.8) is 0 Å². The molecule has 0 saturated heterocycles. The van der Waals surface area contributed by atoms with Gasteiger partial charge in [-0.15, -0.1) is 0 Å². The van der Waals surface area contributed by atoms with Crippen LogP contribution in [0.25, 0.3) is 0 Å². The number of hydrogen-bond donors (Lipinski definition) is 1. The zero-order valence-corrected chi connectivity index (χ0v) is 13.0. The Bertz CT molecular complexity index is 372. The fourth-order valence-corrected chi connectivity index (χ4v) is 1.38. The summed E-state index contributed by atoms with van der Waals surface area (Å²) >= 11 is 0. The molecule has 0 bridgehead atoms. The van der Waals surface area contributed by atoms with Crippen LogP contribution in [0.15, 0.2) is 11.9 Å². The highest BCUT2D eigenvalue weighted by atomic mass is 19.1. The Hall–Kier alpha value is -1.59. The Morgan fingerprint density at radius 2 is 1.85 bits per heavy atom. The Morgan fingerprint density at radius 1 is 1.30 bits per heavy atom. The molecule has 0 aliphatic rings. The Kier molecular flexibility index (Phi) is 7.24. The molecule has 0 aliphatic heterocycles. The molecule has 116 valence electrons. The van der Waals surface area contributed by atoms with E-state index in [0.29, 0.717) is 0 Å². The van der Waals surface area contributed by atoms with E-state index in [1.165, 1.54) is 7.11 Å². The predicted octanol–water partition coefficient (Wildman–Crippen LogP) is 2.95. The highest BCUT2D eigenvalue weighted by Gasteiger charge is 2.24. The average molecular weight is 289 g/mol. The summed E-state index contributed by atoms with van der Waals surface area (Å²) in [6.07, 6.45) is 0.230. The molecule has 1 N–H and O–H groups in total. The van der Waals surface area contributed by atoms with Gasteiger partial charge in [0.1, 0.15) is 11.4 Å². The maximum absolute atomic E-state index is 14.0. The van der Waals surface area contributed by atoms with Gasteiger partial charge < -0.3 is 14.8 Å². The van der Waals surface area contributed by atoms with E-state index < -0.39 is 29.5 Å². The van der Waals surface area contributed by atoms with Crippen LogP contribution in [0.1, 0.15) is 41.0 Å². The Balaban J connectivity index is 4.72. The molecule has 0 rings (SSSR count). The van der Waals surface area contributed by atoms with E-state index in [1.54, 1.807) is 34.6 Å². The first-order chi connectivity index (χ1) is 9.06. The van der Waals surface area contributed by atoms with Crippen molar-refractivity contribution >= 4 is 12.1 Å². The van der Waals surface area contributed by atoms with Gasteiger partial charge in [-0.05, 0) is 32.8 Å². The van der Waals surface area contributed by atoms with E-state index in [9.17, 15) is 14.0 Å². The molecule has 0 radical (unpaired) electrons. The first-order valence-corrected chi connectivity index (χ1v) is 6.48. The highest BCUT2D eigenvalue weighted by Crippen LogP contribution is 2.16. The van der Waals surface area contributed by atoms with Crippen LogP contribution in [0.5, 0.6) is 0 Å². The molecule has 0 aliphatic carbocycles. The number of ether oxygens (including phenoxy) is 2. The minimum Gasteiger partial charge on any atom is -0.469 e. The summed E-state index contributed by atoms with van der Waals surface area (Å²) in [6, 6.07) is -0.838. The summed E-state index contributed by atoms with van der Waals surface area (Å²) in [6.45, 7) is 8.68. The van der Waals surface area contributed by atoms with Gasteiger partial charge in [0, 0.05) is 0 Å². The third kappa shape index (κ3) is 7.76. The minimum atomic E-state index is -0.838. The van der Waals surface area contributed by atoms with Crippen LogP contribution < -0.4 is 5.32 Å². The lowest BCUT2D eigenvalue weighted by molar-refractivity contribution is -0.139. The first-order valence-electron chi connectivity index (χ1n) is 6.48. The van der Waals surface area contributed by atoms with E-state index in [0.717, 1.165) is 6.08 Å². The molecule has 0 saturated carbocycles. The lowest BCUT2D eigenvalue weighted by Crippen LogP contribution is -2.42. The predicted molar refractivity (Wildman–Crippen MR) is 73.8 cm³/mol. The molecule has 5 nitrogen and oxygen atoms in total. The van der Waals surface area contributed by atoms with Crippen LogP contribution >= 0.6 is 0 Å². The van der Waals surface area contributed by atoms with Gasteiger partial charge in [-0.2, -0.15) is 0 Å². The number of carbonyl (C=O) groups is 2. The normalized spacial score (nSPS) is 13.9. The van der Waals surface area contributed by atoms with E-state index in [-0.39, 0.29) is 12.3 Å². The van der Waals surface area contributed by atoms with Gasteiger partial charge in [0.15, 0.2) is 0 Å². The third-order valence-corrected chi connectivity index (χ3v) is 2.33. The van der Waals surface area contributed by atoms with Crippen LogP contribution in [0.2, 0.25) is 0 Å². The third-order valence-electron chi connectivity index (χ3n) is 2.33.